The molecule has 0 amide bonds. The first kappa shape index (κ1) is 11.5. The zero-order valence-electron chi connectivity index (χ0n) is 10.3. The first-order valence-corrected chi connectivity index (χ1v) is 6.04. The van der Waals surface area contributed by atoms with Crippen LogP contribution in [0, 0.1) is 5.41 Å². The van der Waals surface area contributed by atoms with E-state index in [1.807, 2.05) is 30.3 Å². The minimum atomic E-state index is 0.350. The number of hydrogen-bond donors (Lipinski definition) is 0. The van der Waals surface area contributed by atoms with E-state index in [4.69, 9.17) is 4.74 Å². The fourth-order valence-corrected chi connectivity index (χ4v) is 2.08. The van der Waals surface area contributed by atoms with Crippen LogP contribution in [0.15, 0.2) is 30.3 Å². The van der Waals surface area contributed by atoms with Gasteiger partial charge in [-0.1, -0.05) is 25.1 Å². The third kappa shape index (κ3) is 2.99. The molecule has 1 aliphatic rings. The second kappa shape index (κ2) is 4.88. The molecule has 0 aromatic heterocycles. The fraction of sp³-hybridized carbons (Fsp3) is 0.571. The van der Waals surface area contributed by atoms with Crippen LogP contribution in [0.3, 0.4) is 0 Å². The average molecular weight is 219 g/mol. The second-order valence-corrected chi connectivity index (χ2v) is 5.22. The van der Waals surface area contributed by atoms with E-state index in [9.17, 15) is 0 Å². The third-order valence-corrected chi connectivity index (χ3v) is 3.52. The van der Waals surface area contributed by atoms with E-state index < -0.39 is 0 Å². The Morgan fingerprint density at radius 1 is 1.19 bits per heavy atom. The van der Waals surface area contributed by atoms with Gasteiger partial charge in [0, 0.05) is 5.41 Å². The molecule has 0 radical (unpaired) electrons. The molecule has 0 aliphatic carbocycles. The molecule has 0 saturated carbocycles. The van der Waals surface area contributed by atoms with Gasteiger partial charge in [-0.05, 0) is 45.1 Å². The number of benzene rings is 1. The molecule has 2 nitrogen and oxygen atoms in total. The van der Waals surface area contributed by atoms with Crippen molar-refractivity contribution < 1.29 is 4.74 Å². The molecule has 1 aliphatic heterocycles. The quantitative estimate of drug-likeness (QED) is 0.775. The van der Waals surface area contributed by atoms with Crippen LogP contribution in [0.1, 0.15) is 19.8 Å². The van der Waals surface area contributed by atoms with Crippen molar-refractivity contribution in [3.8, 4) is 5.75 Å². The Labute approximate surface area is 98.2 Å². The lowest BCUT2D eigenvalue weighted by Gasteiger charge is -2.37. The third-order valence-electron chi connectivity index (χ3n) is 3.52. The predicted octanol–water partition coefficient (Wildman–Crippen LogP) is 2.80. The van der Waals surface area contributed by atoms with E-state index in [0.29, 0.717) is 5.41 Å². The second-order valence-electron chi connectivity index (χ2n) is 5.22. The van der Waals surface area contributed by atoms with Crippen molar-refractivity contribution in [3.05, 3.63) is 30.3 Å². The summed E-state index contributed by atoms with van der Waals surface area (Å²) >= 11 is 0. The summed E-state index contributed by atoms with van der Waals surface area (Å²) < 4.78 is 5.87. The number of piperidine rings is 1. The number of nitrogens with zero attached hydrogens (tertiary/aromatic N) is 1. The first-order valence-electron chi connectivity index (χ1n) is 6.04. The average Bonchev–Trinajstić information content (AvgIpc) is 2.33. The number of hydrogen-bond acceptors (Lipinski definition) is 2. The highest BCUT2D eigenvalue weighted by atomic mass is 16.5. The maximum atomic E-state index is 5.87. The summed E-state index contributed by atoms with van der Waals surface area (Å²) in [5.41, 5.74) is 0.350. The van der Waals surface area contributed by atoms with Crippen LogP contribution in [0.25, 0.3) is 0 Å². The lowest BCUT2D eigenvalue weighted by atomic mass is 9.81. The highest BCUT2D eigenvalue weighted by Crippen LogP contribution is 2.31. The molecule has 1 heterocycles. The molecule has 88 valence electrons. The normalized spacial score (nSPS) is 20.6. The van der Waals surface area contributed by atoms with E-state index in [1.54, 1.807) is 0 Å². The van der Waals surface area contributed by atoms with E-state index in [2.05, 4.69) is 18.9 Å². The van der Waals surface area contributed by atoms with Gasteiger partial charge in [-0.2, -0.15) is 0 Å². The summed E-state index contributed by atoms with van der Waals surface area (Å²) in [6, 6.07) is 10.1. The van der Waals surface area contributed by atoms with Crippen LogP contribution in [0.2, 0.25) is 0 Å². The highest BCUT2D eigenvalue weighted by Gasteiger charge is 2.29. The van der Waals surface area contributed by atoms with Crippen LogP contribution in [0.4, 0.5) is 0 Å². The first-order chi connectivity index (χ1) is 7.68. The SMILES string of the molecule is CN1CCC(C)(COc2ccccc2)CC1. The van der Waals surface area contributed by atoms with Crippen molar-refractivity contribution in [2.75, 3.05) is 26.7 Å². The number of rotatable bonds is 3. The molecule has 0 N–H and O–H groups in total. The Balaban J connectivity index is 1.85. The standard InChI is InChI=1S/C14H21NO/c1-14(8-10-15(2)11-9-14)12-16-13-6-4-3-5-7-13/h3-7H,8-12H2,1-2H3. The summed E-state index contributed by atoms with van der Waals surface area (Å²) in [5.74, 6) is 0.989. The van der Waals surface area contributed by atoms with Gasteiger partial charge in [0.1, 0.15) is 5.75 Å². The van der Waals surface area contributed by atoms with Crippen molar-refractivity contribution >= 4 is 0 Å². The van der Waals surface area contributed by atoms with Crippen molar-refractivity contribution in [2.45, 2.75) is 19.8 Å². The van der Waals surface area contributed by atoms with Gasteiger partial charge in [-0.3, -0.25) is 0 Å². The summed E-state index contributed by atoms with van der Waals surface area (Å²) in [4.78, 5) is 2.39. The molecule has 0 atom stereocenters. The Bertz CT molecular complexity index is 315. The molecule has 1 saturated heterocycles. The predicted molar refractivity (Wildman–Crippen MR) is 66.8 cm³/mol. The van der Waals surface area contributed by atoms with Crippen molar-refractivity contribution in [2.24, 2.45) is 5.41 Å². The number of para-hydroxylation sites is 1. The van der Waals surface area contributed by atoms with Crippen LogP contribution >= 0.6 is 0 Å². The molecular formula is C14H21NO. The Morgan fingerprint density at radius 2 is 1.81 bits per heavy atom. The summed E-state index contributed by atoms with van der Waals surface area (Å²) in [5, 5.41) is 0. The largest absolute Gasteiger partial charge is 0.493 e. The van der Waals surface area contributed by atoms with E-state index in [-0.39, 0.29) is 0 Å². The van der Waals surface area contributed by atoms with Crippen molar-refractivity contribution in [3.63, 3.8) is 0 Å². The topological polar surface area (TPSA) is 12.5 Å². The van der Waals surface area contributed by atoms with Crippen molar-refractivity contribution in [1.29, 1.82) is 0 Å². The Hall–Kier alpha value is -1.02. The number of likely N-dealkylation sites (tertiary alicyclic amines) is 1. The zero-order chi connectivity index (χ0) is 11.4. The molecule has 1 aromatic carbocycles. The molecule has 1 aromatic rings. The zero-order valence-corrected chi connectivity index (χ0v) is 10.3. The van der Waals surface area contributed by atoms with E-state index in [0.717, 1.165) is 12.4 Å². The van der Waals surface area contributed by atoms with Crippen LogP contribution in [0.5, 0.6) is 5.75 Å². The van der Waals surface area contributed by atoms with Gasteiger partial charge in [0.25, 0.3) is 0 Å². The number of ether oxygens (including phenoxy) is 1. The van der Waals surface area contributed by atoms with Gasteiger partial charge in [0.2, 0.25) is 0 Å². The summed E-state index contributed by atoms with van der Waals surface area (Å²) in [7, 11) is 2.19. The van der Waals surface area contributed by atoms with Gasteiger partial charge in [0.15, 0.2) is 0 Å². The Morgan fingerprint density at radius 3 is 2.44 bits per heavy atom. The van der Waals surface area contributed by atoms with Gasteiger partial charge in [-0.25, -0.2) is 0 Å². The van der Waals surface area contributed by atoms with Gasteiger partial charge >= 0.3 is 0 Å². The van der Waals surface area contributed by atoms with Gasteiger partial charge < -0.3 is 9.64 Å². The van der Waals surface area contributed by atoms with Crippen LogP contribution in [-0.2, 0) is 0 Å². The summed E-state index contributed by atoms with van der Waals surface area (Å²) in [6.07, 6.45) is 2.46. The molecule has 2 rings (SSSR count). The maximum absolute atomic E-state index is 5.87. The smallest absolute Gasteiger partial charge is 0.119 e. The van der Waals surface area contributed by atoms with Crippen LogP contribution < -0.4 is 4.74 Å². The van der Waals surface area contributed by atoms with Crippen LogP contribution in [-0.4, -0.2) is 31.6 Å². The molecule has 16 heavy (non-hydrogen) atoms. The maximum Gasteiger partial charge on any atom is 0.119 e. The van der Waals surface area contributed by atoms with E-state index in [1.165, 1.54) is 25.9 Å². The Kier molecular flexibility index (Phi) is 3.49. The fourth-order valence-electron chi connectivity index (χ4n) is 2.08. The molecule has 0 unspecified atom stereocenters. The molecule has 0 bridgehead atoms. The molecule has 1 fully saturated rings. The molecular weight excluding hydrogens is 198 g/mol. The van der Waals surface area contributed by atoms with Gasteiger partial charge in [-0.15, -0.1) is 0 Å². The summed E-state index contributed by atoms with van der Waals surface area (Å²) in [6.45, 7) is 5.55. The molecule has 2 heteroatoms. The van der Waals surface area contributed by atoms with Gasteiger partial charge in [0.05, 0.1) is 6.61 Å². The minimum Gasteiger partial charge on any atom is -0.493 e. The van der Waals surface area contributed by atoms with Crippen molar-refractivity contribution in [1.82, 2.24) is 4.90 Å². The monoisotopic (exact) mass is 219 g/mol. The minimum absolute atomic E-state index is 0.350. The molecule has 0 spiro atoms. The highest BCUT2D eigenvalue weighted by molar-refractivity contribution is 5.21. The van der Waals surface area contributed by atoms with E-state index >= 15 is 0 Å². The lowest BCUT2D eigenvalue weighted by Crippen LogP contribution is -2.39. The lowest BCUT2D eigenvalue weighted by molar-refractivity contribution is 0.0803.